The van der Waals surface area contributed by atoms with Crippen LogP contribution in [0.25, 0.3) is 0 Å². The van der Waals surface area contributed by atoms with Gasteiger partial charge in [-0.25, -0.2) is 8.42 Å². The summed E-state index contributed by atoms with van der Waals surface area (Å²) >= 11 is 0. The summed E-state index contributed by atoms with van der Waals surface area (Å²) in [5.74, 6) is -0.403. The van der Waals surface area contributed by atoms with E-state index in [0.29, 0.717) is 18.7 Å². The van der Waals surface area contributed by atoms with E-state index >= 15 is 0 Å². The van der Waals surface area contributed by atoms with E-state index in [1.807, 2.05) is 24.3 Å². The third kappa shape index (κ3) is 2.33. The van der Waals surface area contributed by atoms with E-state index in [0.717, 1.165) is 11.8 Å². The fourth-order valence-electron chi connectivity index (χ4n) is 2.29. The highest BCUT2D eigenvalue weighted by Gasteiger charge is 2.43. The zero-order valence-corrected chi connectivity index (χ0v) is 12.8. The van der Waals surface area contributed by atoms with Crippen LogP contribution in [0.5, 0.6) is 0 Å². The van der Waals surface area contributed by atoms with Crippen LogP contribution >= 0.6 is 0 Å². The van der Waals surface area contributed by atoms with E-state index in [2.05, 4.69) is 0 Å². The van der Waals surface area contributed by atoms with Crippen LogP contribution < -0.4 is 10.6 Å². The average molecular weight is 296 g/mol. The summed E-state index contributed by atoms with van der Waals surface area (Å²) in [5, 5.41) is 0. The topological polar surface area (TPSA) is 80.5 Å². The number of carbonyl (C=O) groups is 1. The van der Waals surface area contributed by atoms with Crippen LogP contribution in [0.15, 0.2) is 24.3 Å². The largest absolute Gasteiger partial charge is 0.324 e. The van der Waals surface area contributed by atoms with Gasteiger partial charge in [0.1, 0.15) is 4.75 Å². The Hall–Kier alpha value is -1.40. The average Bonchev–Trinajstić information content (AvgIpc) is 2.37. The maximum absolute atomic E-state index is 12.6. The summed E-state index contributed by atoms with van der Waals surface area (Å²) in [4.78, 5) is 14.2. The van der Waals surface area contributed by atoms with Crippen LogP contribution in [-0.4, -0.2) is 31.9 Å². The molecule has 0 aromatic heterocycles. The van der Waals surface area contributed by atoms with Gasteiger partial charge in [0, 0.05) is 24.5 Å². The smallest absolute Gasteiger partial charge is 0.247 e. The summed E-state index contributed by atoms with van der Waals surface area (Å²) in [6.07, 6.45) is 1.72. The van der Waals surface area contributed by atoms with Gasteiger partial charge in [-0.3, -0.25) is 4.79 Å². The molecule has 0 fully saturated rings. The quantitative estimate of drug-likeness (QED) is 0.890. The lowest BCUT2D eigenvalue weighted by molar-refractivity contribution is -0.120. The first-order chi connectivity index (χ1) is 9.16. The summed E-state index contributed by atoms with van der Waals surface area (Å²) in [6.45, 7) is 3.33. The minimum atomic E-state index is -3.49. The normalized spacial score (nSPS) is 19.6. The number of sulfone groups is 1. The van der Waals surface area contributed by atoms with Crippen LogP contribution in [0.4, 0.5) is 5.69 Å². The first kappa shape index (κ1) is 15.0. The molecule has 2 N–H and O–H groups in total. The Bertz CT molecular complexity index is 638. The summed E-state index contributed by atoms with van der Waals surface area (Å²) < 4.78 is 22.2. The van der Waals surface area contributed by atoms with Gasteiger partial charge in [-0.1, -0.05) is 18.2 Å². The lowest BCUT2D eigenvalue weighted by atomic mass is 9.96. The van der Waals surface area contributed by atoms with Crippen molar-refractivity contribution in [1.29, 1.82) is 0 Å². The molecule has 6 heteroatoms. The minimum Gasteiger partial charge on any atom is -0.324 e. The fourth-order valence-corrected chi connectivity index (χ4v) is 2.71. The summed E-state index contributed by atoms with van der Waals surface area (Å²) in [6, 6.07) is 7.27. The molecular formula is C14H20N2O3S. The van der Waals surface area contributed by atoms with E-state index in [9.17, 15) is 13.2 Å². The van der Waals surface area contributed by atoms with Crippen LogP contribution in [0, 0.1) is 0 Å². The molecule has 0 aliphatic carbocycles. The Kier molecular flexibility index (Phi) is 3.64. The van der Waals surface area contributed by atoms with Gasteiger partial charge in [0.25, 0.3) is 0 Å². The molecule has 20 heavy (non-hydrogen) atoms. The number of nitrogens with zero attached hydrogens (tertiary/aromatic N) is 1. The monoisotopic (exact) mass is 296 g/mol. The molecule has 1 amide bonds. The number of hydrogen-bond acceptors (Lipinski definition) is 4. The molecule has 1 atom stereocenters. The van der Waals surface area contributed by atoms with Gasteiger partial charge in [0.2, 0.25) is 5.91 Å². The number of anilines is 1. The molecular weight excluding hydrogens is 276 g/mol. The first-order valence-corrected chi connectivity index (χ1v) is 8.41. The highest BCUT2D eigenvalue weighted by Crippen LogP contribution is 2.34. The number of para-hydroxylation sites is 1. The maximum atomic E-state index is 12.6. The highest BCUT2D eigenvalue weighted by molar-refractivity contribution is 7.92. The number of fused-ring (bicyclic) bond motifs is 1. The zero-order valence-electron chi connectivity index (χ0n) is 12.0. The third-order valence-corrected chi connectivity index (χ3v) is 6.01. The molecule has 2 rings (SSSR count). The van der Waals surface area contributed by atoms with Crippen molar-refractivity contribution in [3.05, 3.63) is 29.8 Å². The number of amides is 1. The van der Waals surface area contributed by atoms with Gasteiger partial charge in [-0.05, 0) is 31.9 Å². The van der Waals surface area contributed by atoms with Crippen molar-refractivity contribution in [2.75, 3.05) is 17.7 Å². The number of benzene rings is 1. The standard InChI is InChI=1S/C14H20N2O3S/c1-14(2,20(3,18)19)13(17)16-9-8-11(15)10-6-4-5-7-12(10)16/h4-7,11H,8-9,15H2,1-3H3. The summed E-state index contributed by atoms with van der Waals surface area (Å²) in [7, 11) is -3.49. The van der Waals surface area contributed by atoms with E-state index in [1.165, 1.54) is 13.8 Å². The minimum absolute atomic E-state index is 0.114. The Labute approximate surface area is 119 Å². The third-order valence-electron chi connectivity index (χ3n) is 3.98. The van der Waals surface area contributed by atoms with E-state index in [-0.39, 0.29) is 6.04 Å². The zero-order chi connectivity index (χ0) is 15.1. The van der Waals surface area contributed by atoms with Gasteiger partial charge in [0.15, 0.2) is 9.84 Å². The highest BCUT2D eigenvalue weighted by atomic mass is 32.2. The molecule has 1 aromatic carbocycles. The molecule has 1 aliphatic rings. The molecule has 0 saturated carbocycles. The van der Waals surface area contributed by atoms with Gasteiger partial charge >= 0.3 is 0 Å². The van der Waals surface area contributed by atoms with E-state index < -0.39 is 20.5 Å². The fraction of sp³-hybridized carbons (Fsp3) is 0.500. The lowest BCUT2D eigenvalue weighted by Crippen LogP contribution is -2.52. The maximum Gasteiger partial charge on any atom is 0.247 e. The van der Waals surface area contributed by atoms with Gasteiger partial charge in [-0.15, -0.1) is 0 Å². The molecule has 1 aromatic rings. The predicted molar refractivity (Wildman–Crippen MR) is 79.3 cm³/mol. The lowest BCUT2D eigenvalue weighted by Gasteiger charge is -2.36. The van der Waals surface area contributed by atoms with Crippen molar-refractivity contribution >= 4 is 21.4 Å². The van der Waals surface area contributed by atoms with Crippen molar-refractivity contribution in [3.8, 4) is 0 Å². The Morgan fingerprint density at radius 2 is 1.95 bits per heavy atom. The Morgan fingerprint density at radius 3 is 2.55 bits per heavy atom. The molecule has 110 valence electrons. The van der Waals surface area contributed by atoms with E-state index in [4.69, 9.17) is 5.73 Å². The predicted octanol–water partition coefficient (Wildman–Crippen LogP) is 1.25. The van der Waals surface area contributed by atoms with Gasteiger partial charge in [0.05, 0.1) is 0 Å². The van der Waals surface area contributed by atoms with Crippen molar-refractivity contribution in [3.63, 3.8) is 0 Å². The van der Waals surface area contributed by atoms with Crippen molar-refractivity contribution in [2.45, 2.75) is 31.1 Å². The van der Waals surface area contributed by atoms with Crippen LogP contribution in [-0.2, 0) is 14.6 Å². The van der Waals surface area contributed by atoms with Crippen molar-refractivity contribution < 1.29 is 13.2 Å². The molecule has 1 aliphatic heterocycles. The van der Waals surface area contributed by atoms with Gasteiger partial charge < -0.3 is 10.6 Å². The second-order valence-corrected chi connectivity index (χ2v) is 8.26. The number of carbonyl (C=O) groups excluding carboxylic acids is 1. The molecule has 0 saturated heterocycles. The van der Waals surface area contributed by atoms with Crippen molar-refractivity contribution in [2.24, 2.45) is 5.73 Å². The molecule has 0 spiro atoms. The SMILES string of the molecule is CC(C)(C(=O)N1CCC(N)c2ccccc21)S(C)(=O)=O. The summed E-state index contributed by atoms with van der Waals surface area (Å²) in [5.41, 5.74) is 7.65. The molecule has 0 bridgehead atoms. The second-order valence-electron chi connectivity index (χ2n) is 5.69. The number of rotatable bonds is 2. The van der Waals surface area contributed by atoms with Crippen LogP contribution in [0.2, 0.25) is 0 Å². The Balaban J connectivity index is 2.46. The number of nitrogens with two attached hydrogens (primary N) is 1. The molecule has 1 unspecified atom stereocenters. The number of hydrogen-bond donors (Lipinski definition) is 1. The van der Waals surface area contributed by atoms with Crippen LogP contribution in [0.3, 0.4) is 0 Å². The molecule has 5 nitrogen and oxygen atoms in total. The van der Waals surface area contributed by atoms with Crippen molar-refractivity contribution in [1.82, 2.24) is 0 Å². The molecule has 1 heterocycles. The molecule has 0 radical (unpaired) electrons. The first-order valence-electron chi connectivity index (χ1n) is 6.52. The van der Waals surface area contributed by atoms with E-state index in [1.54, 1.807) is 4.90 Å². The van der Waals surface area contributed by atoms with Gasteiger partial charge in [-0.2, -0.15) is 0 Å². The Morgan fingerprint density at radius 1 is 1.35 bits per heavy atom. The van der Waals surface area contributed by atoms with Crippen LogP contribution in [0.1, 0.15) is 31.9 Å². The second kappa shape index (κ2) is 4.86.